The zero-order valence-corrected chi connectivity index (χ0v) is 19.7. The molecule has 33 heavy (non-hydrogen) atoms. The highest BCUT2D eigenvalue weighted by Gasteiger charge is 2.24. The van der Waals surface area contributed by atoms with E-state index >= 15 is 0 Å². The number of amides is 2. The molecule has 2 aromatic rings. The van der Waals surface area contributed by atoms with E-state index in [1.807, 2.05) is 13.0 Å². The van der Waals surface area contributed by atoms with Gasteiger partial charge in [-0.2, -0.15) is 0 Å². The number of nitrogens with two attached hydrogens (primary N) is 1. The highest BCUT2D eigenvalue weighted by molar-refractivity contribution is 6.01. The number of aryl methyl sites for hydroxylation is 1. The first-order valence-electron chi connectivity index (χ1n) is 10.9. The number of nitrogens with one attached hydrogen (secondary N) is 2. The van der Waals surface area contributed by atoms with Crippen molar-refractivity contribution >= 4 is 17.6 Å². The van der Waals surface area contributed by atoms with E-state index in [1.54, 1.807) is 30.3 Å². The van der Waals surface area contributed by atoms with Gasteiger partial charge in [0, 0.05) is 13.5 Å². The first-order chi connectivity index (χ1) is 15.8. The molecule has 0 aliphatic heterocycles. The van der Waals surface area contributed by atoms with E-state index in [9.17, 15) is 14.4 Å². The van der Waals surface area contributed by atoms with Crippen LogP contribution in [0.25, 0.3) is 0 Å². The molecule has 0 fully saturated rings. The van der Waals surface area contributed by atoms with Gasteiger partial charge in [0.15, 0.2) is 5.78 Å². The SMILES string of the molecule is CNC(=O)c1cc(CC(=O)[C@H](CCCCN)NC(=O)c2cc(C)ccc2OC)ccc1OC. The molecule has 0 aliphatic rings. The van der Waals surface area contributed by atoms with Crippen LogP contribution in [-0.2, 0) is 11.2 Å². The number of carbonyl (C=O) groups excluding carboxylic acids is 3. The Hall–Kier alpha value is -3.39. The minimum atomic E-state index is -0.695. The van der Waals surface area contributed by atoms with Crippen LogP contribution in [0.3, 0.4) is 0 Å². The minimum absolute atomic E-state index is 0.0620. The third kappa shape index (κ3) is 7.05. The lowest BCUT2D eigenvalue weighted by molar-refractivity contribution is -0.120. The largest absolute Gasteiger partial charge is 0.496 e. The number of carbonyl (C=O) groups is 3. The Labute approximate surface area is 194 Å². The van der Waals surface area contributed by atoms with Crippen LogP contribution in [0, 0.1) is 6.92 Å². The molecule has 0 saturated heterocycles. The van der Waals surface area contributed by atoms with E-state index in [0.29, 0.717) is 47.6 Å². The Bertz CT molecular complexity index is 990. The monoisotopic (exact) mass is 455 g/mol. The van der Waals surface area contributed by atoms with Crippen LogP contribution in [0.2, 0.25) is 0 Å². The lowest BCUT2D eigenvalue weighted by atomic mass is 9.97. The van der Waals surface area contributed by atoms with Gasteiger partial charge in [-0.05, 0) is 62.6 Å². The van der Waals surface area contributed by atoms with Crippen molar-refractivity contribution in [1.82, 2.24) is 10.6 Å². The normalized spacial score (nSPS) is 11.4. The molecular formula is C25H33N3O5. The molecule has 8 nitrogen and oxygen atoms in total. The van der Waals surface area contributed by atoms with Crippen molar-refractivity contribution in [2.24, 2.45) is 5.73 Å². The summed E-state index contributed by atoms with van der Waals surface area (Å²) in [4.78, 5) is 38.4. The van der Waals surface area contributed by atoms with Crippen LogP contribution in [-0.4, -0.2) is 51.5 Å². The number of ether oxygens (including phenoxy) is 2. The fourth-order valence-corrected chi connectivity index (χ4v) is 3.54. The van der Waals surface area contributed by atoms with Gasteiger partial charge in [0.05, 0.1) is 31.4 Å². The van der Waals surface area contributed by atoms with Crippen molar-refractivity contribution in [3.63, 3.8) is 0 Å². The maximum Gasteiger partial charge on any atom is 0.255 e. The van der Waals surface area contributed by atoms with Crippen molar-refractivity contribution in [2.45, 2.75) is 38.6 Å². The van der Waals surface area contributed by atoms with Crippen molar-refractivity contribution < 1.29 is 23.9 Å². The molecule has 2 aromatic carbocycles. The average molecular weight is 456 g/mol. The zero-order chi connectivity index (χ0) is 24.4. The number of benzene rings is 2. The number of hydrogen-bond donors (Lipinski definition) is 3. The molecule has 0 unspecified atom stereocenters. The van der Waals surface area contributed by atoms with E-state index in [0.717, 1.165) is 12.0 Å². The van der Waals surface area contributed by atoms with Gasteiger partial charge in [0.2, 0.25) is 0 Å². The van der Waals surface area contributed by atoms with Crippen LogP contribution in [0.1, 0.15) is 51.1 Å². The molecule has 0 saturated carbocycles. The summed E-state index contributed by atoms with van der Waals surface area (Å²) in [5.41, 5.74) is 7.90. The number of rotatable bonds is 12. The maximum absolute atomic E-state index is 13.2. The molecule has 2 rings (SSSR count). The van der Waals surface area contributed by atoms with Crippen LogP contribution < -0.4 is 25.8 Å². The Kier molecular flexibility index (Phi) is 9.87. The Morgan fingerprint density at radius 1 is 0.939 bits per heavy atom. The summed E-state index contributed by atoms with van der Waals surface area (Å²) in [7, 11) is 4.51. The van der Waals surface area contributed by atoms with Gasteiger partial charge in [-0.15, -0.1) is 0 Å². The van der Waals surface area contributed by atoms with Crippen LogP contribution >= 0.6 is 0 Å². The van der Waals surface area contributed by atoms with Gasteiger partial charge in [-0.1, -0.05) is 17.7 Å². The molecule has 0 radical (unpaired) electrons. The number of ketones is 1. The van der Waals surface area contributed by atoms with E-state index in [-0.39, 0.29) is 24.0 Å². The molecule has 178 valence electrons. The minimum Gasteiger partial charge on any atom is -0.496 e. The quantitative estimate of drug-likeness (QED) is 0.423. The second-order valence-corrected chi connectivity index (χ2v) is 7.77. The van der Waals surface area contributed by atoms with E-state index in [4.69, 9.17) is 15.2 Å². The molecule has 0 bridgehead atoms. The number of unbranched alkanes of at least 4 members (excludes halogenated alkanes) is 1. The van der Waals surface area contributed by atoms with Crippen LogP contribution in [0.4, 0.5) is 0 Å². The lowest BCUT2D eigenvalue weighted by Crippen LogP contribution is -2.41. The third-order valence-electron chi connectivity index (χ3n) is 5.35. The van der Waals surface area contributed by atoms with E-state index in [1.165, 1.54) is 21.3 Å². The lowest BCUT2D eigenvalue weighted by Gasteiger charge is -2.19. The van der Waals surface area contributed by atoms with E-state index < -0.39 is 6.04 Å². The van der Waals surface area contributed by atoms with Gasteiger partial charge in [0.25, 0.3) is 11.8 Å². The third-order valence-corrected chi connectivity index (χ3v) is 5.35. The van der Waals surface area contributed by atoms with Gasteiger partial charge in [0.1, 0.15) is 11.5 Å². The maximum atomic E-state index is 13.2. The molecule has 0 aliphatic carbocycles. The predicted molar refractivity (Wildman–Crippen MR) is 127 cm³/mol. The summed E-state index contributed by atoms with van der Waals surface area (Å²) in [6, 6.07) is 9.66. The molecule has 2 amide bonds. The number of Topliss-reactive ketones (excluding diaryl/α,β-unsaturated/α-hetero) is 1. The summed E-state index contributed by atoms with van der Waals surface area (Å²) in [5.74, 6) is 0.0319. The highest BCUT2D eigenvalue weighted by Crippen LogP contribution is 2.22. The van der Waals surface area contributed by atoms with Gasteiger partial charge in [-0.3, -0.25) is 14.4 Å². The summed E-state index contributed by atoms with van der Waals surface area (Å²) < 4.78 is 10.6. The molecule has 8 heteroatoms. The zero-order valence-electron chi connectivity index (χ0n) is 19.7. The Morgan fingerprint density at radius 3 is 2.18 bits per heavy atom. The number of methoxy groups -OCH3 is 2. The Balaban J connectivity index is 2.25. The molecule has 0 heterocycles. The van der Waals surface area contributed by atoms with Gasteiger partial charge in [-0.25, -0.2) is 0 Å². The molecule has 0 aromatic heterocycles. The van der Waals surface area contributed by atoms with Crippen molar-refractivity contribution in [3.05, 3.63) is 58.7 Å². The average Bonchev–Trinajstić information content (AvgIpc) is 2.82. The predicted octanol–water partition coefficient (Wildman–Crippen LogP) is 2.41. The topological polar surface area (TPSA) is 120 Å². The van der Waals surface area contributed by atoms with Crippen LogP contribution in [0.5, 0.6) is 11.5 Å². The molecular weight excluding hydrogens is 422 g/mol. The van der Waals surface area contributed by atoms with Crippen molar-refractivity contribution in [3.8, 4) is 11.5 Å². The summed E-state index contributed by atoms with van der Waals surface area (Å²) in [6.07, 6.45) is 1.97. The van der Waals surface area contributed by atoms with Crippen molar-refractivity contribution in [2.75, 3.05) is 27.8 Å². The highest BCUT2D eigenvalue weighted by atomic mass is 16.5. The number of hydrogen-bond acceptors (Lipinski definition) is 6. The summed E-state index contributed by atoms with van der Waals surface area (Å²) >= 11 is 0. The van der Waals surface area contributed by atoms with Crippen molar-refractivity contribution in [1.29, 1.82) is 0 Å². The van der Waals surface area contributed by atoms with Crippen LogP contribution in [0.15, 0.2) is 36.4 Å². The fourth-order valence-electron chi connectivity index (χ4n) is 3.54. The molecule has 4 N–H and O–H groups in total. The second kappa shape index (κ2) is 12.6. The molecule has 1 atom stereocenters. The second-order valence-electron chi connectivity index (χ2n) is 7.77. The standard InChI is InChI=1S/C25H33N3O5/c1-16-8-10-22(32-3)18(13-16)25(31)28-20(7-5-6-12-26)21(29)15-17-9-11-23(33-4)19(14-17)24(30)27-2/h8-11,13-14,20H,5-7,12,15,26H2,1-4H3,(H,27,30)(H,28,31)/t20-/m0/s1. The van der Waals surface area contributed by atoms with Gasteiger partial charge < -0.3 is 25.8 Å². The Morgan fingerprint density at radius 2 is 1.58 bits per heavy atom. The summed E-state index contributed by atoms with van der Waals surface area (Å²) in [5, 5.41) is 5.44. The fraction of sp³-hybridized carbons (Fsp3) is 0.400. The molecule has 0 spiro atoms. The van der Waals surface area contributed by atoms with Gasteiger partial charge >= 0.3 is 0 Å². The smallest absolute Gasteiger partial charge is 0.255 e. The first-order valence-corrected chi connectivity index (χ1v) is 10.9. The first kappa shape index (κ1) is 25.9. The summed E-state index contributed by atoms with van der Waals surface area (Å²) in [6.45, 7) is 2.39. The van der Waals surface area contributed by atoms with E-state index in [2.05, 4.69) is 10.6 Å².